The Morgan fingerprint density at radius 2 is 1.93 bits per heavy atom. The van der Waals surface area contributed by atoms with Gasteiger partial charge in [0.25, 0.3) is 0 Å². The minimum Gasteiger partial charge on any atom is -0.508 e. The van der Waals surface area contributed by atoms with Gasteiger partial charge in [0.05, 0.1) is 5.56 Å². The number of carboxylic acids is 1. The van der Waals surface area contributed by atoms with Gasteiger partial charge < -0.3 is 19.3 Å². The Morgan fingerprint density at radius 1 is 1.19 bits per heavy atom. The van der Waals surface area contributed by atoms with Crippen LogP contribution < -0.4 is 0 Å². The summed E-state index contributed by atoms with van der Waals surface area (Å²) in [5.74, 6) is -0.338. The van der Waals surface area contributed by atoms with Crippen molar-refractivity contribution in [2.75, 3.05) is 0 Å². The third-order valence-electron chi connectivity index (χ3n) is 4.32. The first-order chi connectivity index (χ1) is 13.0. The summed E-state index contributed by atoms with van der Waals surface area (Å²) in [6.07, 6.45) is 3.96. The summed E-state index contributed by atoms with van der Waals surface area (Å²) in [7, 11) is 0. The number of hydrogen-bond donors (Lipinski definition) is 2. The number of phenolic OH excluding ortho intramolecular Hbond substituents is 1. The van der Waals surface area contributed by atoms with Crippen molar-refractivity contribution in [1.29, 1.82) is 0 Å². The number of aryl methyl sites for hydroxylation is 2. The standard InChI is InChI=1S/C20H20N2O5/c1-2-22-11-14(18(12-22)20(25)26)9-16(24)7-8-17-10-19(21-27-17)13-3-5-15(23)6-4-13/h3-6,10-12,23H,2,7-9H2,1H3,(H,25,26). The van der Waals surface area contributed by atoms with Gasteiger partial charge >= 0.3 is 5.97 Å². The summed E-state index contributed by atoms with van der Waals surface area (Å²) >= 11 is 0. The number of hydrogen-bond acceptors (Lipinski definition) is 5. The van der Waals surface area contributed by atoms with Crippen molar-refractivity contribution < 1.29 is 24.3 Å². The molecule has 2 N–H and O–H groups in total. The topological polar surface area (TPSA) is 106 Å². The molecular weight excluding hydrogens is 348 g/mol. The Morgan fingerprint density at radius 3 is 2.59 bits per heavy atom. The molecule has 0 saturated heterocycles. The number of ketones is 1. The molecule has 0 saturated carbocycles. The predicted molar refractivity (Wildman–Crippen MR) is 97.7 cm³/mol. The molecule has 27 heavy (non-hydrogen) atoms. The van der Waals surface area contributed by atoms with E-state index in [4.69, 9.17) is 4.52 Å². The van der Waals surface area contributed by atoms with Gasteiger partial charge in [0.2, 0.25) is 0 Å². The number of aromatic hydroxyl groups is 1. The summed E-state index contributed by atoms with van der Waals surface area (Å²) in [6, 6.07) is 8.35. The molecule has 140 valence electrons. The summed E-state index contributed by atoms with van der Waals surface area (Å²) < 4.78 is 7.03. The van der Waals surface area contributed by atoms with E-state index in [1.807, 2.05) is 6.92 Å². The Labute approximate surface area is 155 Å². The van der Waals surface area contributed by atoms with E-state index in [0.29, 0.717) is 30.0 Å². The highest BCUT2D eigenvalue weighted by Crippen LogP contribution is 2.22. The largest absolute Gasteiger partial charge is 0.508 e. The van der Waals surface area contributed by atoms with Gasteiger partial charge in [0, 0.05) is 49.8 Å². The molecule has 0 spiro atoms. The molecule has 2 aromatic heterocycles. The van der Waals surface area contributed by atoms with Crippen molar-refractivity contribution in [3.8, 4) is 17.0 Å². The van der Waals surface area contributed by atoms with Crippen LogP contribution in [0.25, 0.3) is 11.3 Å². The van der Waals surface area contributed by atoms with Gasteiger partial charge in [0.15, 0.2) is 0 Å². The molecule has 0 radical (unpaired) electrons. The normalized spacial score (nSPS) is 10.9. The van der Waals surface area contributed by atoms with Crippen molar-refractivity contribution in [2.45, 2.75) is 32.7 Å². The number of carbonyl (C=O) groups is 2. The summed E-state index contributed by atoms with van der Waals surface area (Å²) in [5, 5.41) is 22.6. The number of aromatic nitrogens is 2. The first-order valence-electron chi connectivity index (χ1n) is 8.65. The number of rotatable bonds is 8. The van der Waals surface area contributed by atoms with Crippen LogP contribution in [-0.2, 0) is 24.2 Å². The highest BCUT2D eigenvalue weighted by atomic mass is 16.5. The van der Waals surface area contributed by atoms with E-state index in [0.717, 1.165) is 5.56 Å². The lowest BCUT2D eigenvalue weighted by Crippen LogP contribution is -2.07. The molecular formula is C20H20N2O5. The molecule has 3 aromatic rings. The minimum absolute atomic E-state index is 0.0612. The van der Waals surface area contributed by atoms with Gasteiger partial charge in [-0.3, -0.25) is 4.79 Å². The van der Waals surface area contributed by atoms with Gasteiger partial charge in [-0.2, -0.15) is 0 Å². The zero-order valence-corrected chi connectivity index (χ0v) is 14.9. The average molecular weight is 368 g/mol. The first-order valence-corrected chi connectivity index (χ1v) is 8.65. The van der Waals surface area contributed by atoms with E-state index in [1.165, 1.54) is 0 Å². The van der Waals surface area contributed by atoms with Crippen molar-refractivity contribution >= 4 is 11.8 Å². The molecule has 0 aliphatic rings. The SMILES string of the molecule is CCn1cc(CC(=O)CCc2cc(-c3ccc(O)cc3)no2)c(C(=O)O)c1. The van der Waals surface area contributed by atoms with Gasteiger partial charge in [-0.25, -0.2) is 4.79 Å². The lowest BCUT2D eigenvalue weighted by molar-refractivity contribution is -0.118. The van der Waals surface area contributed by atoms with Crippen molar-refractivity contribution in [3.05, 3.63) is 59.6 Å². The quantitative estimate of drug-likeness (QED) is 0.632. The zero-order valence-electron chi connectivity index (χ0n) is 14.9. The van der Waals surface area contributed by atoms with E-state index < -0.39 is 5.97 Å². The molecule has 1 aromatic carbocycles. The Hall–Kier alpha value is -3.35. The monoisotopic (exact) mass is 368 g/mol. The smallest absolute Gasteiger partial charge is 0.337 e. The molecule has 0 bridgehead atoms. The maximum atomic E-state index is 12.3. The lowest BCUT2D eigenvalue weighted by Gasteiger charge is -1.99. The van der Waals surface area contributed by atoms with Crippen LogP contribution >= 0.6 is 0 Å². The highest BCUT2D eigenvalue weighted by Gasteiger charge is 2.16. The Balaban J connectivity index is 1.61. The molecule has 0 aliphatic heterocycles. The fraction of sp³-hybridized carbons (Fsp3) is 0.250. The third kappa shape index (κ3) is 4.44. The Bertz CT molecular complexity index is 953. The number of nitrogens with zero attached hydrogens (tertiary/aromatic N) is 2. The van der Waals surface area contributed by atoms with E-state index in [-0.39, 0.29) is 29.9 Å². The van der Waals surface area contributed by atoms with Crippen LogP contribution in [0.4, 0.5) is 0 Å². The van der Waals surface area contributed by atoms with Gasteiger partial charge in [-0.1, -0.05) is 5.16 Å². The average Bonchev–Trinajstić information content (AvgIpc) is 3.27. The third-order valence-corrected chi connectivity index (χ3v) is 4.32. The summed E-state index contributed by atoms with van der Waals surface area (Å²) in [6.45, 7) is 2.55. The van der Waals surface area contributed by atoms with Crippen LogP contribution in [0.2, 0.25) is 0 Å². The van der Waals surface area contributed by atoms with Crippen LogP contribution in [0.15, 0.2) is 47.2 Å². The van der Waals surface area contributed by atoms with Crippen LogP contribution in [0.1, 0.15) is 35.0 Å². The number of phenols is 1. The second kappa shape index (κ2) is 7.90. The van der Waals surface area contributed by atoms with Crippen LogP contribution in [0.3, 0.4) is 0 Å². The number of Topliss-reactive ketones (excluding diaryl/α,β-unsaturated/α-hetero) is 1. The number of carbonyl (C=O) groups excluding carboxylic acids is 1. The second-order valence-corrected chi connectivity index (χ2v) is 6.27. The van der Waals surface area contributed by atoms with Gasteiger partial charge in [0.1, 0.15) is 23.0 Å². The van der Waals surface area contributed by atoms with Crippen LogP contribution in [0.5, 0.6) is 5.75 Å². The number of benzene rings is 1. The van der Waals surface area contributed by atoms with E-state index in [2.05, 4.69) is 5.16 Å². The molecule has 0 aliphatic carbocycles. The van der Waals surface area contributed by atoms with Crippen LogP contribution in [-0.4, -0.2) is 31.7 Å². The molecule has 2 heterocycles. The van der Waals surface area contributed by atoms with E-state index in [1.54, 1.807) is 47.3 Å². The van der Waals surface area contributed by atoms with E-state index in [9.17, 15) is 19.8 Å². The predicted octanol–water partition coefficient (Wildman–Crippen LogP) is 3.31. The molecule has 0 fully saturated rings. The fourth-order valence-electron chi connectivity index (χ4n) is 2.83. The molecule has 7 nitrogen and oxygen atoms in total. The lowest BCUT2D eigenvalue weighted by atomic mass is 10.0. The molecule has 3 rings (SSSR count). The van der Waals surface area contributed by atoms with Crippen molar-refractivity contribution in [3.63, 3.8) is 0 Å². The maximum Gasteiger partial charge on any atom is 0.337 e. The Kier molecular flexibility index (Phi) is 5.40. The van der Waals surface area contributed by atoms with Crippen molar-refractivity contribution in [1.82, 2.24) is 9.72 Å². The number of aromatic carboxylic acids is 1. The minimum atomic E-state index is -1.03. The molecule has 0 amide bonds. The molecule has 0 unspecified atom stereocenters. The second-order valence-electron chi connectivity index (χ2n) is 6.27. The number of carboxylic acid groups (broad SMARTS) is 1. The fourth-order valence-corrected chi connectivity index (χ4v) is 2.83. The zero-order chi connectivity index (χ0) is 19.4. The van der Waals surface area contributed by atoms with Gasteiger partial charge in [-0.05, 0) is 36.8 Å². The van der Waals surface area contributed by atoms with Crippen molar-refractivity contribution in [2.24, 2.45) is 0 Å². The first kappa shape index (κ1) is 18.4. The maximum absolute atomic E-state index is 12.3. The molecule has 0 atom stereocenters. The summed E-state index contributed by atoms with van der Waals surface area (Å²) in [4.78, 5) is 23.6. The van der Waals surface area contributed by atoms with Crippen LogP contribution in [0, 0.1) is 0 Å². The molecule has 7 heteroatoms. The van der Waals surface area contributed by atoms with E-state index >= 15 is 0 Å². The van der Waals surface area contributed by atoms with Gasteiger partial charge in [-0.15, -0.1) is 0 Å². The summed E-state index contributed by atoms with van der Waals surface area (Å²) in [5.41, 5.74) is 2.13. The highest BCUT2D eigenvalue weighted by molar-refractivity contribution is 5.92.